The quantitative estimate of drug-likeness (QED) is 0.0239. The fraction of sp³-hybridized carbons (Fsp3) is 0.850. The fourth-order valence-corrected chi connectivity index (χ4v) is 9.74. The van der Waals surface area contributed by atoms with Crippen LogP contribution in [0.25, 0.3) is 0 Å². The summed E-state index contributed by atoms with van der Waals surface area (Å²) < 4.78 is 137. The second kappa shape index (κ2) is 40.2. The first kappa shape index (κ1) is 66.5. The number of rotatable bonds is 33. The van der Waals surface area contributed by atoms with E-state index in [4.69, 9.17) is 57.2 Å². The van der Waals surface area contributed by atoms with Gasteiger partial charge in [-0.1, -0.05) is 12.2 Å². The number of carbonyl (C=O) groups excluding carboxylic acids is 2. The van der Waals surface area contributed by atoms with Gasteiger partial charge in [-0.3, -0.25) is 9.59 Å². The maximum atomic E-state index is 11.6. The zero-order chi connectivity index (χ0) is 50.4. The average Bonchev–Trinajstić information content (AvgIpc) is 4.07. The number of sulfone groups is 1. The zero-order valence-corrected chi connectivity index (χ0v) is 43.4. The van der Waals surface area contributed by atoms with Crippen LogP contribution in [0.3, 0.4) is 0 Å². The SMILES string of the molecule is C=CCCC(=O)OCCC(O)COC(COCC1CO1)COC(C)OCC.C=CCCC(=O)OCCC1CO1.CCO.CCOC(C)OCC1CO1.CS(=O)(=O)[CH2][Sn][O]S(=O)(=O)C(F)(F)F. The molecule has 3 saturated heterocycles. The van der Waals surface area contributed by atoms with Gasteiger partial charge >= 0.3 is 102 Å². The van der Waals surface area contributed by atoms with Crippen LogP contribution in [0.5, 0.6) is 0 Å². The summed E-state index contributed by atoms with van der Waals surface area (Å²) >= 11 is -2.55. The Balaban J connectivity index is 0. The molecule has 0 saturated carbocycles. The van der Waals surface area contributed by atoms with Crippen molar-refractivity contribution in [1.82, 2.24) is 0 Å². The molecule has 390 valence electrons. The molecule has 0 bridgehead atoms. The van der Waals surface area contributed by atoms with Crippen LogP contribution in [-0.2, 0) is 84.2 Å². The van der Waals surface area contributed by atoms with E-state index in [9.17, 15) is 44.7 Å². The van der Waals surface area contributed by atoms with Crippen LogP contribution < -0.4 is 0 Å². The summed E-state index contributed by atoms with van der Waals surface area (Å²) in [7, 11) is -9.08. The maximum absolute atomic E-state index is 11.6. The second-order valence-electron chi connectivity index (χ2n) is 13.9. The van der Waals surface area contributed by atoms with Gasteiger partial charge in [-0.05, 0) is 47.5 Å². The monoisotopic (exact) mass is 1110 g/mol. The van der Waals surface area contributed by atoms with Crippen molar-refractivity contribution in [2.75, 3.05) is 95.9 Å². The third-order valence-corrected chi connectivity index (χ3v) is 17.4. The molecule has 3 rings (SSSR count). The summed E-state index contributed by atoms with van der Waals surface area (Å²) in [6, 6.07) is 0. The predicted molar refractivity (Wildman–Crippen MR) is 234 cm³/mol. The first-order valence-corrected chi connectivity index (χ1v) is 28.0. The van der Waals surface area contributed by atoms with Crippen molar-refractivity contribution < 1.29 is 104 Å². The van der Waals surface area contributed by atoms with Gasteiger partial charge in [0, 0.05) is 45.5 Å². The van der Waals surface area contributed by atoms with Gasteiger partial charge in [0.15, 0.2) is 12.6 Å². The Morgan fingerprint density at radius 2 is 1.26 bits per heavy atom. The van der Waals surface area contributed by atoms with Crippen LogP contribution in [-0.4, -0.2) is 205 Å². The van der Waals surface area contributed by atoms with Gasteiger partial charge in [-0.15, -0.1) is 13.2 Å². The topological polar surface area (TPSA) is 264 Å². The van der Waals surface area contributed by atoms with E-state index in [-0.39, 0.29) is 63.2 Å². The van der Waals surface area contributed by atoms with E-state index in [1.54, 1.807) is 19.1 Å². The molecule has 2 N–H and O–H groups in total. The molecule has 20 nitrogen and oxygen atoms in total. The standard InChI is InChI=1S/C19H34O8.C9H14O3.C7H14O3.C2H5O2S.C2H6O.CHF3O3S.Sn/c1-4-6-7-19(21)24-9-8-16(20)10-26-17(11-22-12-18-14-27-18)13-25-15(3)23-5-2;1-2-3-4-9(10)11-6-5-8-7-12-8;1-3-8-6(2)9-4-7-5-10-7;1-5(2,3)4;1-2-3;2-1(3,4)8(5,6)7;/h4,15-18,20H,1,5-14H2,2-3H3;2,8H,1,3-7H2;6-7H,3-5H2,1-2H3;1H2,2H3;3H,2H2,1H3;(H,5,6,7);/q;;;;;;+1/p-1. The molecule has 2 radical (unpaired) electrons. The summed E-state index contributed by atoms with van der Waals surface area (Å²) in [5.74, 6) is -0.439. The Hall–Kier alpha value is -1.57. The number of epoxide rings is 3. The van der Waals surface area contributed by atoms with Crippen molar-refractivity contribution >= 4 is 53.5 Å². The first-order valence-electron chi connectivity index (χ1n) is 21.3. The molecule has 0 aliphatic carbocycles. The molecule has 0 aromatic rings. The Morgan fingerprint density at radius 1 is 0.773 bits per heavy atom. The van der Waals surface area contributed by atoms with Crippen LogP contribution in [0.1, 0.15) is 73.1 Å². The Morgan fingerprint density at radius 3 is 1.71 bits per heavy atom. The molecule has 3 aliphatic heterocycles. The van der Waals surface area contributed by atoms with Gasteiger partial charge < -0.3 is 62.3 Å². The van der Waals surface area contributed by atoms with Crippen molar-refractivity contribution in [3.63, 3.8) is 0 Å². The molecule has 26 heteroatoms. The zero-order valence-electron chi connectivity index (χ0n) is 38.9. The fourth-order valence-electron chi connectivity index (χ4n) is 3.87. The van der Waals surface area contributed by atoms with E-state index in [0.29, 0.717) is 84.0 Å². The van der Waals surface area contributed by atoms with Crippen molar-refractivity contribution in [3.8, 4) is 0 Å². The van der Waals surface area contributed by atoms with Gasteiger partial charge in [0.25, 0.3) is 0 Å². The number of hydrogen-bond acceptors (Lipinski definition) is 20. The van der Waals surface area contributed by atoms with Crippen molar-refractivity contribution in [2.24, 2.45) is 0 Å². The molecule has 0 spiro atoms. The van der Waals surface area contributed by atoms with Gasteiger partial charge in [-0.2, -0.15) is 0 Å². The number of hydrogen-bond donors (Lipinski definition) is 2. The molecule has 66 heavy (non-hydrogen) atoms. The minimum absolute atomic E-state index is 0.0887. The van der Waals surface area contributed by atoms with Crippen LogP contribution >= 0.6 is 0 Å². The molecule has 7 unspecified atom stereocenters. The Labute approximate surface area is 399 Å². The Kier molecular flexibility index (Phi) is 40.5. The number of allylic oxidation sites excluding steroid dienone is 2. The summed E-state index contributed by atoms with van der Waals surface area (Å²) in [4.78, 5) is 22.3. The molecule has 3 aliphatic rings. The van der Waals surface area contributed by atoms with E-state index in [1.165, 1.54) is 0 Å². The number of aliphatic hydroxyl groups excluding tert-OH is 2. The van der Waals surface area contributed by atoms with Gasteiger partial charge in [0.05, 0.1) is 78.3 Å². The van der Waals surface area contributed by atoms with E-state index in [0.717, 1.165) is 32.5 Å². The minimum atomic E-state index is -5.61. The first-order chi connectivity index (χ1) is 31.1. The number of alkyl halides is 3. The van der Waals surface area contributed by atoms with E-state index >= 15 is 0 Å². The van der Waals surface area contributed by atoms with Crippen LogP contribution in [0.4, 0.5) is 13.2 Å². The normalized spacial score (nSPS) is 18.9. The van der Waals surface area contributed by atoms with Crippen molar-refractivity contribution in [1.29, 1.82) is 0 Å². The molecule has 0 aromatic carbocycles. The second-order valence-corrected chi connectivity index (χ2v) is 22.3. The van der Waals surface area contributed by atoms with Crippen LogP contribution in [0.15, 0.2) is 25.3 Å². The third-order valence-electron chi connectivity index (χ3n) is 7.47. The molecular weight excluding hydrogens is 1040 g/mol. The molecule has 3 fully saturated rings. The molecular formula is C40H73F3O20S2Sn. The summed E-state index contributed by atoms with van der Waals surface area (Å²) in [5, 5.41) is 17.6. The number of halogens is 3. The van der Waals surface area contributed by atoms with Crippen molar-refractivity contribution in [2.45, 2.75) is 122 Å². The average molecular weight is 1110 g/mol. The molecule has 7 atom stereocenters. The molecule has 3 heterocycles. The van der Waals surface area contributed by atoms with E-state index < -0.39 is 56.9 Å². The van der Waals surface area contributed by atoms with Gasteiger partial charge in [-0.25, -0.2) is 0 Å². The third kappa shape index (κ3) is 46.2. The number of ether oxygens (including phenoxy) is 11. The van der Waals surface area contributed by atoms with Gasteiger partial charge in [0.1, 0.15) is 18.3 Å². The van der Waals surface area contributed by atoms with Crippen LogP contribution in [0, 0.1) is 0 Å². The van der Waals surface area contributed by atoms with E-state index in [1.807, 2.05) is 27.7 Å². The van der Waals surface area contributed by atoms with Crippen LogP contribution in [0.2, 0.25) is 0 Å². The molecule has 0 aromatic heterocycles. The summed E-state index contributed by atoms with van der Waals surface area (Å²) in [6.45, 7) is 22.8. The Bertz CT molecular complexity index is 1470. The molecule has 0 amide bonds. The number of esters is 2. The predicted octanol–water partition coefficient (Wildman–Crippen LogP) is 2.99. The summed E-state index contributed by atoms with van der Waals surface area (Å²) in [6.07, 6.45) is 6.67. The van der Waals surface area contributed by atoms with Gasteiger partial charge in [0.2, 0.25) is 0 Å². The van der Waals surface area contributed by atoms with E-state index in [2.05, 4.69) is 15.7 Å². The summed E-state index contributed by atoms with van der Waals surface area (Å²) in [5.41, 5.74) is -5.48. The number of carbonyl (C=O) groups is 2. The number of aliphatic hydroxyl groups is 2. The van der Waals surface area contributed by atoms with Crippen molar-refractivity contribution in [3.05, 3.63) is 25.3 Å².